The third-order valence-corrected chi connectivity index (χ3v) is 4.88. The molecule has 1 aromatic carbocycles. The van der Waals surface area contributed by atoms with Gasteiger partial charge in [-0.2, -0.15) is 0 Å². The Hall–Kier alpha value is -2.38. The van der Waals surface area contributed by atoms with Crippen LogP contribution >= 0.6 is 0 Å². The number of aliphatic hydroxyl groups excluding tert-OH is 1. The molecule has 0 radical (unpaired) electrons. The van der Waals surface area contributed by atoms with Gasteiger partial charge in [-0.05, 0) is 33.8 Å². The molecule has 0 spiro atoms. The number of non-ortho nitro benzene ring substituents is 1. The van der Waals surface area contributed by atoms with E-state index < -0.39 is 63.8 Å². The van der Waals surface area contributed by atoms with Crippen LogP contribution < -0.4 is 5.32 Å². The number of hydrogen-bond acceptors (Lipinski definition) is 10. The van der Waals surface area contributed by atoms with Crippen molar-refractivity contribution >= 4 is 17.1 Å². The SMILES string of the molecule is CC1(C)O[C@@H]([C@@H](CO)Nc2ccc([N+](=O)[O-])cc2[N+](=O)[O-])[C@H]([C@H]2COC(C)(C)O2)O1. The molecule has 2 heterocycles. The summed E-state index contributed by atoms with van der Waals surface area (Å²) in [4.78, 5) is 20.9. The van der Waals surface area contributed by atoms with Crippen molar-refractivity contribution in [2.45, 2.75) is 63.6 Å². The Bertz CT molecular complexity index is 829. The van der Waals surface area contributed by atoms with E-state index in [1.165, 1.54) is 6.07 Å². The highest BCUT2D eigenvalue weighted by Gasteiger charge is 2.52. The zero-order chi connectivity index (χ0) is 22.3. The van der Waals surface area contributed by atoms with Gasteiger partial charge in [0.05, 0.1) is 35.2 Å². The maximum Gasteiger partial charge on any atom is 0.299 e. The maximum atomic E-state index is 11.4. The van der Waals surface area contributed by atoms with E-state index in [4.69, 9.17) is 18.9 Å². The minimum Gasteiger partial charge on any atom is -0.394 e. The summed E-state index contributed by atoms with van der Waals surface area (Å²) >= 11 is 0. The Morgan fingerprint density at radius 1 is 1.13 bits per heavy atom. The topological polar surface area (TPSA) is 155 Å². The van der Waals surface area contributed by atoms with Gasteiger partial charge in [-0.15, -0.1) is 0 Å². The molecule has 0 aromatic heterocycles. The molecule has 0 saturated carbocycles. The number of rotatable bonds is 7. The van der Waals surface area contributed by atoms with Crippen molar-refractivity contribution in [2.24, 2.45) is 0 Å². The van der Waals surface area contributed by atoms with Crippen LogP contribution in [-0.4, -0.2) is 64.1 Å². The van der Waals surface area contributed by atoms with Gasteiger partial charge in [-0.1, -0.05) is 0 Å². The first-order valence-electron chi connectivity index (χ1n) is 9.40. The third kappa shape index (κ3) is 4.68. The molecule has 0 aliphatic carbocycles. The number of nitrogens with zero attached hydrogens (tertiary/aromatic N) is 2. The van der Waals surface area contributed by atoms with Crippen LogP contribution in [0.3, 0.4) is 0 Å². The van der Waals surface area contributed by atoms with E-state index in [0.717, 1.165) is 12.1 Å². The zero-order valence-corrected chi connectivity index (χ0v) is 17.1. The molecule has 12 nitrogen and oxygen atoms in total. The molecule has 2 aliphatic heterocycles. The van der Waals surface area contributed by atoms with Crippen molar-refractivity contribution in [3.05, 3.63) is 38.4 Å². The summed E-state index contributed by atoms with van der Waals surface area (Å²) < 4.78 is 23.4. The largest absolute Gasteiger partial charge is 0.394 e. The Balaban J connectivity index is 1.87. The second-order valence-corrected chi connectivity index (χ2v) is 8.08. The van der Waals surface area contributed by atoms with Crippen molar-refractivity contribution in [3.63, 3.8) is 0 Å². The number of aliphatic hydroxyl groups is 1. The van der Waals surface area contributed by atoms with E-state index in [1.54, 1.807) is 27.7 Å². The molecule has 0 bridgehead atoms. The fourth-order valence-electron chi connectivity index (χ4n) is 3.63. The second kappa shape index (κ2) is 8.04. The Labute approximate surface area is 172 Å². The number of nitro benzene ring substituents is 2. The van der Waals surface area contributed by atoms with E-state index in [0.29, 0.717) is 0 Å². The summed E-state index contributed by atoms with van der Waals surface area (Å²) in [5.41, 5.74) is -0.884. The standard InChI is InChI=1S/C18H25N3O9/c1-17(2)27-9-14(28-17)16-15(29-18(3,4)30-16)12(8-22)19-11-6-5-10(20(23)24)7-13(11)21(25)26/h5-7,12,14-16,19,22H,8-9H2,1-4H3/t12-,14-,15+,16+/m1/s1. The van der Waals surface area contributed by atoms with Crippen molar-refractivity contribution < 1.29 is 33.9 Å². The monoisotopic (exact) mass is 427 g/mol. The predicted octanol–water partition coefficient (Wildman–Crippen LogP) is 1.95. The molecule has 1 aromatic rings. The average molecular weight is 427 g/mol. The number of benzene rings is 1. The molecule has 166 valence electrons. The highest BCUT2D eigenvalue weighted by Crippen LogP contribution is 2.38. The van der Waals surface area contributed by atoms with Gasteiger partial charge in [0, 0.05) is 6.07 Å². The highest BCUT2D eigenvalue weighted by atomic mass is 16.8. The Kier molecular flexibility index (Phi) is 5.98. The maximum absolute atomic E-state index is 11.4. The van der Waals surface area contributed by atoms with Gasteiger partial charge in [0.15, 0.2) is 11.6 Å². The summed E-state index contributed by atoms with van der Waals surface area (Å²) in [6, 6.07) is 2.42. The van der Waals surface area contributed by atoms with Crippen molar-refractivity contribution in [1.82, 2.24) is 0 Å². The molecule has 0 unspecified atom stereocenters. The zero-order valence-electron chi connectivity index (χ0n) is 17.1. The highest BCUT2D eigenvalue weighted by molar-refractivity contribution is 5.65. The molecule has 12 heteroatoms. The number of ether oxygens (including phenoxy) is 4. The smallest absolute Gasteiger partial charge is 0.299 e. The summed E-state index contributed by atoms with van der Waals surface area (Å²) in [5.74, 6) is -1.79. The third-order valence-electron chi connectivity index (χ3n) is 4.88. The van der Waals surface area contributed by atoms with Crippen LogP contribution in [0.4, 0.5) is 17.1 Å². The molecular weight excluding hydrogens is 402 g/mol. The first-order valence-corrected chi connectivity index (χ1v) is 9.40. The summed E-state index contributed by atoms with van der Waals surface area (Å²) in [7, 11) is 0. The van der Waals surface area contributed by atoms with Crippen molar-refractivity contribution in [2.75, 3.05) is 18.5 Å². The lowest BCUT2D eigenvalue weighted by atomic mass is 10.0. The van der Waals surface area contributed by atoms with E-state index in [9.17, 15) is 25.3 Å². The first-order chi connectivity index (χ1) is 13.9. The quantitative estimate of drug-likeness (QED) is 0.487. The summed E-state index contributed by atoms with van der Waals surface area (Å²) in [5, 5.41) is 35.3. The van der Waals surface area contributed by atoms with Gasteiger partial charge in [0.2, 0.25) is 0 Å². The van der Waals surface area contributed by atoms with E-state index in [2.05, 4.69) is 5.32 Å². The van der Waals surface area contributed by atoms with Crippen LogP contribution in [0.1, 0.15) is 27.7 Å². The van der Waals surface area contributed by atoms with Crippen LogP contribution in [0.5, 0.6) is 0 Å². The van der Waals surface area contributed by atoms with E-state index in [1.807, 2.05) is 0 Å². The summed E-state index contributed by atoms with van der Waals surface area (Å²) in [6.07, 6.45) is -1.83. The minimum atomic E-state index is -0.984. The molecule has 2 N–H and O–H groups in total. The van der Waals surface area contributed by atoms with E-state index >= 15 is 0 Å². The first kappa shape index (κ1) is 22.3. The van der Waals surface area contributed by atoms with Gasteiger partial charge >= 0.3 is 0 Å². The average Bonchev–Trinajstić information content (AvgIpc) is 3.17. The molecule has 3 rings (SSSR count). The van der Waals surface area contributed by atoms with Crippen LogP contribution in [0.2, 0.25) is 0 Å². The number of anilines is 1. The van der Waals surface area contributed by atoms with Crippen molar-refractivity contribution in [1.29, 1.82) is 0 Å². The molecule has 2 aliphatic rings. The fourth-order valence-corrected chi connectivity index (χ4v) is 3.63. The van der Waals surface area contributed by atoms with Gasteiger partial charge in [0.1, 0.15) is 24.0 Å². The number of nitro groups is 2. The van der Waals surface area contributed by atoms with Crippen LogP contribution in [0.25, 0.3) is 0 Å². The van der Waals surface area contributed by atoms with Crippen molar-refractivity contribution in [3.8, 4) is 0 Å². The molecule has 2 fully saturated rings. The fraction of sp³-hybridized carbons (Fsp3) is 0.667. The molecule has 0 amide bonds. The van der Waals surface area contributed by atoms with E-state index in [-0.39, 0.29) is 12.3 Å². The summed E-state index contributed by atoms with van der Waals surface area (Å²) in [6.45, 7) is 6.78. The molecule has 2 saturated heterocycles. The van der Waals surface area contributed by atoms with Crippen LogP contribution in [-0.2, 0) is 18.9 Å². The van der Waals surface area contributed by atoms with Gasteiger partial charge in [-0.25, -0.2) is 0 Å². The normalized spacial score (nSPS) is 28.2. The molecule has 30 heavy (non-hydrogen) atoms. The lowest BCUT2D eigenvalue weighted by Crippen LogP contribution is -2.48. The van der Waals surface area contributed by atoms with Gasteiger partial charge in [-0.3, -0.25) is 20.2 Å². The predicted molar refractivity (Wildman–Crippen MR) is 103 cm³/mol. The number of nitrogens with one attached hydrogen (secondary N) is 1. The minimum absolute atomic E-state index is 0.0145. The Morgan fingerprint density at radius 3 is 2.37 bits per heavy atom. The van der Waals surface area contributed by atoms with Crippen LogP contribution in [0.15, 0.2) is 18.2 Å². The molecular formula is C18H25N3O9. The van der Waals surface area contributed by atoms with Gasteiger partial charge < -0.3 is 29.4 Å². The second-order valence-electron chi connectivity index (χ2n) is 8.08. The lowest BCUT2D eigenvalue weighted by Gasteiger charge is -2.29. The van der Waals surface area contributed by atoms with Crippen LogP contribution in [0, 0.1) is 20.2 Å². The number of hydrogen-bond donors (Lipinski definition) is 2. The van der Waals surface area contributed by atoms with Gasteiger partial charge in [0.25, 0.3) is 11.4 Å². The molecule has 4 atom stereocenters. The lowest BCUT2D eigenvalue weighted by molar-refractivity contribution is -0.393. The Morgan fingerprint density at radius 2 is 1.83 bits per heavy atom.